The minimum absolute atomic E-state index is 0.285. The lowest BCUT2D eigenvalue weighted by atomic mass is 10.0. The van der Waals surface area contributed by atoms with Crippen LogP contribution >= 0.6 is 0 Å². The standard InChI is InChI=1S/C14H26N4O2S/c1-10(2)15-8-13-14(12(4)16-17-13)21(19,20)18-7-5-6-11(3)9-18/h10-11,15H,5-9H2,1-4H3,(H,16,17). The highest BCUT2D eigenvalue weighted by atomic mass is 32.2. The molecule has 2 rings (SSSR count). The van der Waals surface area contributed by atoms with Crippen LogP contribution in [-0.2, 0) is 16.6 Å². The van der Waals surface area contributed by atoms with Crippen LogP contribution in [0.5, 0.6) is 0 Å². The van der Waals surface area contributed by atoms with Crippen LogP contribution in [0, 0.1) is 12.8 Å². The zero-order chi connectivity index (χ0) is 15.6. The summed E-state index contributed by atoms with van der Waals surface area (Å²) in [5.41, 5.74) is 1.20. The molecule has 0 aromatic carbocycles. The second kappa shape index (κ2) is 6.46. The van der Waals surface area contributed by atoms with Gasteiger partial charge in [-0.25, -0.2) is 8.42 Å². The minimum atomic E-state index is -3.46. The SMILES string of the molecule is Cc1[nH]nc(CNC(C)C)c1S(=O)(=O)N1CCCC(C)C1. The first kappa shape index (κ1) is 16.5. The molecule has 0 amide bonds. The van der Waals surface area contributed by atoms with Gasteiger partial charge in [0.05, 0.1) is 11.4 Å². The Labute approximate surface area is 127 Å². The normalized spacial score (nSPS) is 21.1. The van der Waals surface area contributed by atoms with E-state index in [4.69, 9.17) is 0 Å². The zero-order valence-corrected chi connectivity index (χ0v) is 14.1. The van der Waals surface area contributed by atoms with E-state index in [-0.39, 0.29) is 6.04 Å². The van der Waals surface area contributed by atoms with Crippen molar-refractivity contribution >= 4 is 10.0 Å². The fourth-order valence-corrected chi connectivity index (χ4v) is 4.65. The summed E-state index contributed by atoms with van der Waals surface area (Å²) in [5.74, 6) is 0.415. The van der Waals surface area contributed by atoms with Gasteiger partial charge < -0.3 is 5.32 Å². The summed E-state index contributed by atoms with van der Waals surface area (Å²) in [4.78, 5) is 0.352. The molecule has 1 unspecified atom stereocenters. The van der Waals surface area contributed by atoms with E-state index >= 15 is 0 Å². The highest BCUT2D eigenvalue weighted by Gasteiger charge is 2.33. The number of sulfonamides is 1. The molecule has 1 aliphatic heterocycles. The maximum absolute atomic E-state index is 12.9. The number of H-pyrrole nitrogens is 1. The van der Waals surface area contributed by atoms with Gasteiger partial charge in [0.2, 0.25) is 10.0 Å². The summed E-state index contributed by atoms with van der Waals surface area (Å²) < 4.78 is 27.4. The highest BCUT2D eigenvalue weighted by molar-refractivity contribution is 7.89. The Bertz CT molecular complexity index is 580. The molecule has 21 heavy (non-hydrogen) atoms. The molecular formula is C14H26N4O2S. The van der Waals surface area contributed by atoms with Gasteiger partial charge >= 0.3 is 0 Å². The Morgan fingerprint density at radius 2 is 2.19 bits per heavy atom. The lowest BCUT2D eigenvalue weighted by Gasteiger charge is -2.30. The fourth-order valence-electron chi connectivity index (χ4n) is 2.73. The molecule has 0 spiro atoms. The minimum Gasteiger partial charge on any atom is -0.309 e. The number of aryl methyl sites for hydroxylation is 1. The molecule has 1 atom stereocenters. The number of rotatable bonds is 5. The Kier molecular flexibility index (Phi) is 5.06. The van der Waals surface area contributed by atoms with E-state index in [9.17, 15) is 8.42 Å². The van der Waals surface area contributed by atoms with Gasteiger partial charge in [-0.15, -0.1) is 0 Å². The molecule has 0 radical (unpaired) electrons. The predicted octanol–water partition coefficient (Wildman–Crippen LogP) is 1.64. The van der Waals surface area contributed by atoms with E-state index in [0.717, 1.165) is 12.8 Å². The van der Waals surface area contributed by atoms with Crippen molar-refractivity contribution in [3.63, 3.8) is 0 Å². The Morgan fingerprint density at radius 1 is 1.48 bits per heavy atom. The second-order valence-electron chi connectivity index (χ2n) is 6.27. The molecule has 0 aliphatic carbocycles. The third kappa shape index (κ3) is 3.64. The van der Waals surface area contributed by atoms with Crippen LogP contribution in [0.25, 0.3) is 0 Å². The van der Waals surface area contributed by atoms with Crippen LogP contribution in [0.3, 0.4) is 0 Å². The monoisotopic (exact) mass is 314 g/mol. The Morgan fingerprint density at radius 3 is 2.81 bits per heavy atom. The molecule has 1 saturated heterocycles. The van der Waals surface area contributed by atoms with Gasteiger partial charge in [0.25, 0.3) is 0 Å². The van der Waals surface area contributed by atoms with E-state index < -0.39 is 10.0 Å². The summed E-state index contributed by atoms with van der Waals surface area (Å²) >= 11 is 0. The van der Waals surface area contributed by atoms with Crippen LogP contribution in [-0.4, -0.2) is 42.1 Å². The van der Waals surface area contributed by atoms with E-state index in [1.807, 2.05) is 13.8 Å². The van der Waals surface area contributed by atoms with Gasteiger partial charge in [0.15, 0.2) is 0 Å². The van der Waals surface area contributed by atoms with Gasteiger partial charge in [-0.1, -0.05) is 20.8 Å². The quantitative estimate of drug-likeness (QED) is 0.866. The van der Waals surface area contributed by atoms with Crippen molar-refractivity contribution in [1.29, 1.82) is 0 Å². The molecule has 120 valence electrons. The van der Waals surface area contributed by atoms with E-state index in [0.29, 0.717) is 41.8 Å². The van der Waals surface area contributed by atoms with Crippen molar-refractivity contribution in [3.8, 4) is 0 Å². The van der Waals surface area contributed by atoms with Gasteiger partial charge in [-0.3, -0.25) is 5.10 Å². The first-order chi connectivity index (χ1) is 9.82. The molecule has 0 bridgehead atoms. The first-order valence-corrected chi connectivity index (χ1v) is 9.03. The average molecular weight is 314 g/mol. The summed E-state index contributed by atoms with van der Waals surface area (Å²) in [5, 5.41) is 10.2. The van der Waals surface area contributed by atoms with E-state index in [1.54, 1.807) is 11.2 Å². The van der Waals surface area contributed by atoms with Crippen LogP contribution in [0.2, 0.25) is 0 Å². The van der Waals surface area contributed by atoms with Gasteiger partial charge in [-0.05, 0) is 25.7 Å². The molecule has 6 nitrogen and oxygen atoms in total. The summed E-state index contributed by atoms with van der Waals surface area (Å²) in [6.07, 6.45) is 2.02. The molecule has 7 heteroatoms. The molecule has 0 saturated carbocycles. The van der Waals surface area contributed by atoms with Crippen molar-refractivity contribution in [2.45, 2.75) is 58.0 Å². The van der Waals surface area contributed by atoms with Crippen molar-refractivity contribution in [1.82, 2.24) is 19.8 Å². The van der Waals surface area contributed by atoms with Crippen LogP contribution in [0.15, 0.2) is 4.90 Å². The topological polar surface area (TPSA) is 78.1 Å². The lowest BCUT2D eigenvalue weighted by Crippen LogP contribution is -2.39. The number of nitrogens with one attached hydrogen (secondary N) is 2. The number of piperidine rings is 1. The molecule has 1 aliphatic rings. The molecule has 2 heterocycles. The summed E-state index contributed by atoms with van der Waals surface area (Å²) in [7, 11) is -3.46. The summed E-state index contributed by atoms with van der Waals surface area (Å²) in [6.45, 7) is 9.59. The van der Waals surface area contributed by atoms with Gasteiger partial charge in [0.1, 0.15) is 4.90 Å². The molecule has 1 aromatic rings. The molecular weight excluding hydrogens is 288 g/mol. The van der Waals surface area contributed by atoms with Crippen LogP contribution in [0.1, 0.15) is 45.0 Å². The smallest absolute Gasteiger partial charge is 0.246 e. The number of hydrogen-bond acceptors (Lipinski definition) is 4. The summed E-state index contributed by atoms with van der Waals surface area (Å²) in [6, 6.07) is 0.285. The molecule has 2 N–H and O–H groups in total. The highest BCUT2D eigenvalue weighted by Crippen LogP contribution is 2.26. The lowest BCUT2D eigenvalue weighted by molar-refractivity contribution is 0.281. The van der Waals surface area contributed by atoms with Crippen molar-refractivity contribution < 1.29 is 8.42 Å². The maximum atomic E-state index is 12.9. The van der Waals surface area contributed by atoms with Gasteiger partial charge in [-0.2, -0.15) is 9.40 Å². The second-order valence-corrected chi connectivity index (χ2v) is 8.15. The Balaban J connectivity index is 2.28. The van der Waals surface area contributed by atoms with E-state index in [1.165, 1.54) is 0 Å². The third-order valence-corrected chi connectivity index (χ3v) is 5.93. The number of nitrogens with zero attached hydrogens (tertiary/aromatic N) is 2. The first-order valence-electron chi connectivity index (χ1n) is 7.59. The van der Waals surface area contributed by atoms with E-state index in [2.05, 4.69) is 22.4 Å². The fraction of sp³-hybridized carbons (Fsp3) is 0.786. The number of hydrogen-bond donors (Lipinski definition) is 2. The third-order valence-electron chi connectivity index (χ3n) is 3.86. The number of aromatic amines is 1. The number of aromatic nitrogens is 2. The molecule has 1 fully saturated rings. The van der Waals surface area contributed by atoms with Crippen LogP contribution in [0.4, 0.5) is 0 Å². The van der Waals surface area contributed by atoms with Crippen molar-refractivity contribution in [3.05, 3.63) is 11.4 Å². The van der Waals surface area contributed by atoms with Crippen molar-refractivity contribution in [2.24, 2.45) is 5.92 Å². The predicted molar refractivity (Wildman–Crippen MR) is 82.5 cm³/mol. The van der Waals surface area contributed by atoms with Crippen molar-refractivity contribution in [2.75, 3.05) is 13.1 Å². The molecule has 1 aromatic heterocycles. The zero-order valence-electron chi connectivity index (χ0n) is 13.3. The Hall–Kier alpha value is -0.920. The average Bonchev–Trinajstić information content (AvgIpc) is 2.78. The van der Waals surface area contributed by atoms with Crippen LogP contribution < -0.4 is 5.32 Å². The largest absolute Gasteiger partial charge is 0.309 e. The maximum Gasteiger partial charge on any atom is 0.246 e. The van der Waals surface area contributed by atoms with Gasteiger partial charge in [0, 0.05) is 25.7 Å².